The van der Waals surface area contributed by atoms with E-state index in [0.717, 1.165) is 0 Å². The second kappa shape index (κ2) is 8.43. The Labute approximate surface area is 153 Å². The van der Waals surface area contributed by atoms with Crippen molar-refractivity contribution in [3.05, 3.63) is 54.1 Å². The van der Waals surface area contributed by atoms with Crippen LogP contribution < -0.4 is 20.1 Å². The lowest BCUT2D eigenvalue weighted by Gasteiger charge is -2.25. The number of para-hydroxylation sites is 3. The first-order chi connectivity index (χ1) is 12.7. The Balaban J connectivity index is 2.26. The molecule has 27 heavy (non-hydrogen) atoms. The van der Waals surface area contributed by atoms with Crippen molar-refractivity contribution in [2.75, 3.05) is 25.2 Å². The molecule has 2 N–H and O–H groups in total. The lowest BCUT2D eigenvalue weighted by molar-refractivity contribution is -0.133. The average molecular weight is 382 g/mol. The predicted octanol–water partition coefficient (Wildman–Crippen LogP) is 2.77. The van der Waals surface area contributed by atoms with Gasteiger partial charge in [0.2, 0.25) is 0 Å². The summed E-state index contributed by atoms with van der Waals surface area (Å²) < 4.78 is 49.2. The Morgan fingerprint density at radius 2 is 1.63 bits per heavy atom. The number of methoxy groups -OCH3 is 1. The number of primary amides is 1. The van der Waals surface area contributed by atoms with Gasteiger partial charge in [-0.2, -0.15) is 13.2 Å². The average Bonchev–Trinajstić information content (AvgIpc) is 2.63. The molecule has 2 amide bonds. The minimum atomic E-state index is -4.64. The van der Waals surface area contributed by atoms with Crippen LogP contribution in [-0.2, 0) is 4.79 Å². The predicted molar refractivity (Wildman–Crippen MR) is 91.9 cm³/mol. The van der Waals surface area contributed by atoms with Gasteiger partial charge < -0.3 is 15.2 Å². The highest BCUT2D eigenvalue weighted by Gasteiger charge is 2.35. The number of carbonyl (C=O) groups excluding carboxylic acids is 2. The molecule has 0 bridgehead atoms. The Morgan fingerprint density at radius 1 is 1.04 bits per heavy atom. The first-order valence-electron chi connectivity index (χ1n) is 7.74. The van der Waals surface area contributed by atoms with Crippen molar-refractivity contribution in [2.24, 2.45) is 5.73 Å². The maximum absolute atomic E-state index is 13.0. The quantitative estimate of drug-likeness (QED) is 0.798. The molecule has 2 aromatic carbocycles. The van der Waals surface area contributed by atoms with E-state index < -0.39 is 31.1 Å². The van der Waals surface area contributed by atoms with Crippen molar-refractivity contribution in [3.63, 3.8) is 0 Å². The number of benzene rings is 2. The van der Waals surface area contributed by atoms with Crippen molar-refractivity contribution in [1.82, 2.24) is 0 Å². The maximum atomic E-state index is 13.0. The van der Waals surface area contributed by atoms with Crippen molar-refractivity contribution >= 4 is 17.5 Å². The number of nitrogens with two attached hydrogens (primary N) is 1. The second-order valence-electron chi connectivity index (χ2n) is 5.42. The molecule has 0 heterocycles. The van der Waals surface area contributed by atoms with Gasteiger partial charge in [-0.25, -0.2) is 0 Å². The summed E-state index contributed by atoms with van der Waals surface area (Å²) in [6.45, 7) is -2.24. The normalized spacial score (nSPS) is 11.0. The number of anilines is 1. The zero-order chi connectivity index (χ0) is 20.0. The molecule has 0 unspecified atom stereocenters. The molecule has 2 aromatic rings. The summed E-state index contributed by atoms with van der Waals surface area (Å²) >= 11 is 0. The highest BCUT2D eigenvalue weighted by atomic mass is 19.4. The van der Waals surface area contributed by atoms with Crippen molar-refractivity contribution in [1.29, 1.82) is 0 Å². The van der Waals surface area contributed by atoms with Gasteiger partial charge in [0.25, 0.3) is 11.8 Å². The summed E-state index contributed by atoms with van der Waals surface area (Å²) in [5, 5.41) is 0. The van der Waals surface area contributed by atoms with Crippen LogP contribution in [0.4, 0.5) is 18.9 Å². The van der Waals surface area contributed by atoms with Gasteiger partial charge in [-0.1, -0.05) is 24.3 Å². The van der Waals surface area contributed by atoms with Crippen LogP contribution in [0.5, 0.6) is 11.5 Å². The van der Waals surface area contributed by atoms with E-state index in [-0.39, 0.29) is 22.7 Å². The number of nitrogens with zero attached hydrogens (tertiary/aromatic N) is 1. The van der Waals surface area contributed by atoms with Crippen LogP contribution in [0.25, 0.3) is 0 Å². The van der Waals surface area contributed by atoms with E-state index in [1.165, 1.54) is 37.4 Å². The molecule has 9 heteroatoms. The molecule has 144 valence electrons. The maximum Gasteiger partial charge on any atom is 0.406 e. The van der Waals surface area contributed by atoms with Crippen LogP contribution in [0.1, 0.15) is 10.4 Å². The molecule has 0 saturated carbocycles. The zero-order valence-corrected chi connectivity index (χ0v) is 14.3. The van der Waals surface area contributed by atoms with Crippen LogP contribution in [0.2, 0.25) is 0 Å². The fourth-order valence-electron chi connectivity index (χ4n) is 2.35. The van der Waals surface area contributed by atoms with Crippen LogP contribution in [0, 0.1) is 0 Å². The number of alkyl halides is 3. The Kier molecular flexibility index (Phi) is 6.27. The molecule has 0 aliphatic rings. The summed E-state index contributed by atoms with van der Waals surface area (Å²) in [4.78, 5) is 24.4. The number of halogens is 3. The third-order valence-electron chi connectivity index (χ3n) is 3.52. The van der Waals surface area contributed by atoms with E-state index in [9.17, 15) is 22.8 Å². The lowest BCUT2D eigenvalue weighted by Crippen LogP contribution is -2.42. The summed E-state index contributed by atoms with van der Waals surface area (Å²) in [5.41, 5.74) is 5.18. The number of hydrogen-bond donors (Lipinski definition) is 1. The number of amides is 2. The molecule has 0 aromatic heterocycles. The molecule has 0 saturated heterocycles. The summed E-state index contributed by atoms with van der Waals surface area (Å²) in [5.74, 6) is -1.64. The third-order valence-corrected chi connectivity index (χ3v) is 3.52. The highest BCUT2D eigenvalue weighted by molar-refractivity contribution is 5.97. The number of carbonyl (C=O) groups is 2. The molecule has 0 radical (unpaired) electrons. The van der Waals surface area contributed by atoms with Crippen LogP contribution in [0.3, 0.4) is 0 Å². The minimum Gasteiger partial charge on any atom is -0.495 e. The molecule has 6 nitrogen and oxygen atoms in total. The van der Waals surface area contributed by atoms with Crippen LogP contribution in [-0.4, -0.2) is 38.3 Å². The zero-order valence-electron chi connectivity index (χ0n) is 14.3. The number of hydrogen-bond acceptors (Lipinski definition) is 4. The molecule has 0 aliphatic heterocycles. The van der Waals surface area contributed by atoms with Crippen molar-refractivity contribution < 1.29 is 32.2 Å². The summed E-state index contributed by atoms with van der Waals surface area (Å²) in [7, 11) is 1.29. The fraction of sp³-hybridized carbons (Fsp3) is 0.222. The van der Waals surface area contributed by atoms with Gasteiger partial charge >= 0.3 is 6.18 Å². The fourth-order valence-corrected chi connectivity index (χ4v) is 2.35. The van der Waals surface area contributed by atoms with Crippen LogP contribution in [0.15, 0.2) is 48.5 Å². The molecule has 2 rings (SSSR count). The van der Waals surface area contributed by atoms with Gasteiger partial charge in [0.1, 0.15) is 18.0 Å². The Hall–Kier alpha value is -3.23. The van der Waals surface area contributed by atoms with Crippen LogP contribution >= 0.6 is 0 Å². The van der Waals surface area contributed by atoms with Gasteiger partial charge in [0, 0.05) is 0 Å². The molecule has 0 fully saturated rings. The van der Waals surface area contributed by atoms with Gasteiger partial charge in [-0.05, 0) is 24.3 Å². The molecular formula is C18H17F3N2O4. The van der Waals surface area contributed by atoms with E-state index in [0.29, 0.717) is 4.90 Å². The largest absolute Gasteiger partial charge is 0.495 e. The Morgan fingerprint density at radius 3 is 2.22 bits per heavy atom. The minimum absolute atomic E-state index is 0.00494. The Bertz CT molecular complexity index is 824. The van der Waals surface area contributed by atoms with Crippen molar-refractivity contribution in [2.45, 2.75) is 6.18 Å². The van der Waals surface area contributed by atoms with Gasteiger partial charge in [-0.15, -0.1) is 0 Å². The molecule has 0 spiro atoms. The van der Waals surface area contributed by atoms with E-state index in [2.05, 4.69) is 0 Å². The number of rotatable bonds is 7. The standard InChI is InChI=1S/C18H17F3N2O4/c1-26-15-9-5-3-7-13(15)23(11-18(19,20)21)16(24)10-27-14-8-4-2-6-12(14)17(22)25/h2-9H,10-11H2,1H3,(H2,22,25). The lowest BCUT2D eigenvalue weighted by atomic mass is 10.2. The SMILES string of the molecule is COc1ccccc1N(CC(F)(F)F)C(=O)COc1ccccc1C(N)=O. The summed E-state index contributed by atoms with van der Waals surface area (Å²) in [6.07, 6.45) is -4.64. The van der Waals surface area contributed by atoms with E-state index in [4.69, 9.17) is 15.2 Å². The van der Waals surface area contributed by atoms with E-state index >= 15 is 0 Å². The van der Waals surface area contributed by atoms with Gasteiger partial charge in [0.15, 0.2) is 6.61 Å². The third kappa shape index (κ3) is 5.37. The molecule has 0 atom stereocenters. The number of ether oxygens (including phenoxy) is 2. The first kappa shape index (κ1) is 20.1. The van der Waals surface area contributed by atoms with E-state index in [1.807, 2.05) is 0 Å². The monoisotopic (exact) mass is 382 g/mol. The van der Waals surface area contributed by atoms with Crippen molar-refractivity contribution in [3.8, 4) is 11.5 Å². The van der Waals surface area contributed by atoms with Gasteiger partial charge in [-0.3, -0.25) is 14.5 Å². The molecular weight excluding hydrogens is 365 g/mol. The van der Waals surface area contributed by atoms with E-state index in [1.54, 1.807) is 18.2 Å². The smallest absolute Gasteiger partial charge is 0.406 e. The van der Waals surface area contributed by atoms with Gasteiger partial charge in [0.05, 0.1) is 18.4 Å². The molecule has 0 aliphatic carbocycles. The highest BCUT2D eigenvalue weighted by Crippen LogP contribution is 2.30. The second-order valence-corrected chi connectivity index (χ2v) is 5.42. The summed E-state index contributed by atoms with van der Waals surface area (Å²) in [6, 6.07) is 11.7. The topological polar surface area (TPSA) is 81.9 Å². The first-order valence-corrected chi connectivity index (χ1v) is 7.74.